The molecule has 0 atom stereocenters. The van der Waals surface area contributed by atoms with Crippen LogP contribution in [0.3, 0.4) is 0 Å². The number of amides is 2. The fraction of sp³-hybridized carbons (Fsp3) is 0.231. The Morgan fingerprint density at radius 3 is 2.67 bits per heavy atom. The summed E-state index contributed by atoms with van der Waals surface area (Å²) in [6.45, 7) is -0.0583. The van der Waals surface area contributed by atoms with Gasteiger partial charge in [0.1, 0.15) is 12.9 Å². The van der Waals surface area contributed by atoms with Gasteiger partial charge in [0.05, 0.1) is 6.54 Å². The zero-order valence-corrected chi connectivity index (χ0v) is 11.6. The third kappa shape index (κ3) is 4.30. The van der Waals surface area contributed by atoms with Crippen LogP contribution in [0.5, 0.6) is 0 Å². The van der Waals surface area contributed by atoms with E-state index in [0.717, 1.165) is 0 Å². The first-order chi connectivity index (χ1) is 10.0. The summed E-state index contributed by atoms with van der Waals surface area (Å²) in [6, 6.07) is 9.05. The third-order valence-electron chi connectivity index (χ3n) is 2.72. The monoisotopic (exact) mass is 288 g/mol. The van der Waals surface area contributed by atoms with Crippen LogP contribution < -0.4 is 11.1 Å². The van der Waals surface area contributed by atoms with Crippen molar-refractivity contribution in [3.05, 3.63) is 36.7 Å². The Morgan fingerprint density at radius 1 is 1.33 bits per heavy atom. The van der Waals surface area contributed by atoms with Gasteiger partial charge in [0.25, 0.3) is 0 Å². The Hall–Kier alpha value is -2.90. The van der Waals surface area contributed by atoms with Crippen LogP contribution in [0.25, 0.3) is 0 Å². The Morgan fingerprint density at radius 2 is 2.05 bits per heavy atom. The van der Waals surface area contributed by atoms with E-state index in [2.05, 4.69) is 15.4 Å². The molecule has 0 radical (unpaired) electrons. The van der Waals surface area contributed by atoms with Crippen molar-refractivity contribution in [2.75, 3.05) is 24.6 Å². The molecule has 2 amide bonds. The summed E-state index contributed by atoms with van der Waals surface area (Å²) < 4.78 is 1.32. The largest absolute Gasteiger partial charge is 0.367 e. The first-order valence-corrected chi connectivity index (χ1v) is 6.28. The molecule has 0 saturated carbocycles. The van der Waals surface area contributed by atoms with E-state index >= 15 is 0 Å². The lowest BCUT2D eigenvalue weighted by molar-refractivity contribution is -0.134. The lowest BCUT2D eigenvalue weighted by atomic mass is 10.3. The molecule has 1 aromatic carbocycles. The highest BCUT2D eigenvalue weighted by Crippen LogP contribution is 2.04. The van der Waals surface area contributed by atoms with E-state index in [1.165, 1.54) is 15.9 Å². The number of hydrogen-bond donors (Lipinski definition) is 2. The van der Waals surface area contributed by atoms with Crippen LogP contribution in [-0.4, -0.2) is 45.1 Å². The summed E-state index contributed by atoms with van der Waals surface area (Å²) in [5, 5.41) is 6.52. The van der Waals surface area contributed by atoms with E-state index < -0.39 is 0 Å². The second kappa shape index (κ2) is 6.51. The maximum Gasteiger partial charge on any atom is 0.244 e. The van der Waals surface area contributed by atoms with Crippen LogP contribution in [0, 0.1) is 0 Å². The molecule has 8 heteroatoms. The molecule has 2 rings (SSSR count). The Kier molecular flexibility index (Phi) is 4.50. The van der Waals surface area contributed by atoms with Crippen LogP contribution in [0.15, 0.2) is 36.7 Å². The Bertz CT molecular complexity index is 625. The van der Waals surface area contributed by atoms with Gasteiger partial charge in [-0.05, 0) is 12.1 Å². The van der Waals surface area contributed by atoms with E-state index in [0.29, 0.717) is 5.69 Å². The zero-order chi connectivity index (χ0) is 15.2. The molecule has 1 aromatic heterocycles. The molecule has 0 bridgehead atoms. The van der Waals surface area contributed by atoms with Gasteiger partial charge in [-0.2, -0.15) is 0 Å². The maximum atomic E-state index is 11.9. The Balaban J connectivity index is 1.84. The van der Waals surface area contributed by atoms with Crippen molar-refractivity contribution in [1.29, 1.82) is 0 Å². The number of nitrogens with zero attached hydrogens (tertiary/aromatic N) is 4. The van der Waals surface area contributed by atoms with Crippen molar-refractivity contribution >= 4 is 23.5 Å². The molecule has 1 heterocycles. The summed E-state index contributed by atoms with van der Waals surface area (Å²) >= 11 is 0. The van der Waals surface area contributed by atoms with E-state index in [4.69, 9.17) is 5.73 Å². The molecule has 110 valence electrons. The van der Waals surface area contributed by atoms with E-state index in [1.54, 1.807) is 19.2 Å². The number of rotatable bonds is 5. The fourth-order valence-corrected chi connectivity index (χ4v) is 1.67. The number of nitrogens with two attached hydrogens (primary N) is 1. The molecule has 0 aliphatic carbocycles. The van der Waals surface area contributed by atoms with Gasteiger partial charge < -0.3 is 16.0 Å². The van der Waals surface area contributed by atoms with Crippen LogP contribution in [0.4, 0.5) is 11.6 Å². The number of carbonyl (C=O) groups is 2. The number of nitrogens with one attached hydrogen (secondary N) is 1. The van der Waals surface area contributed by atoms with Crippen molar-refractivity contribution in [2.45, 2.75) is 6.54 Å². The average Bonchev–Trinajstić information content (AvgIpc) is 2.85. The molecule has 3 N–H and O–H groups in total. The fourth-order valence-electron chi connectivity index (χ4n) is 1.67. The van der Waals surface area contributed by atoms with Gasteiger partial charge >= 0.3 is 0 Å². The normalized spacial score (nSPS) is 10.1. The van der Waals surface area contributed by atoms with Gasteiger partial charge in [0.15, 0.2) is 0 Å². The predicted molar refractivity (Wildman–Crippen MR) is 77.1 cm³/mol. The first-order valence-electron chi connectivity index (χ1n) is 6.28. The standard InChI is InChI=1S/C13H16N6O2/c1-18(12(21)8-19-9-15-13(14)17-19)7-11(20)16-10-5-3-2-4-6-10/h2-6,9H,7-8H2,1H3,(H2,14,17)(H,16,20). The van der Waals surface area contributed by atoms with Crippen LogP contribution in [0.1, 0.15) is 0 Å². The lowest BCUT2D eigenvalue weighted by Crippen LogP contribution is -2.37. The zero-order valence-electron chi connectivity index (χ0n) is 11.6. The topological polar surface area (TPSA) is 106 Å². The van der Waals surface area contributed by atoms with Gasteiger partial charge in [-0.15, -0.1) is 5.10 Å². The molecule has 21 heavy (non-hydrogen) atoms. The van der Waals surface area contributed by atoms with E-state index in [-0.39, 0.29) is 30.9 Å². The van der Waals surface area contributed by atoms with E-state index in [9.17, 15) is 9.59 Å². The number of carbonyl (C=O) groups excluding carboxylic acids is 2. The average molecular weight is 288 g/mol. The SMILES string of the molecule is CN(CC(=O)Nc1ccccc1)C(=O)Cn1cnc(N)n1. The third-order valence-corrected chi connectivity index (χ3v) is 2.72. The summed E-state index contributed by atoms with van der Waals surface area (Å²) in [6.07, 6.45) is 1.37. The number of likely N-dealkylation sites (N-methyl/N-ethyl adjacent to an activating group) is 1. The maximum absolute atomic E-state index is 11.9. The van der Waals surface area contributed by atoms with Gasteiger partial charge in [-0.3, -0.25) is 9.59 Å². The van der Waals surface area contributed by atoms with Gasteiger partial charge in [0, 0.05) is 12.7 Å². The van der Waals surface area contributed by atoms with Crippen LogP contribution in [0.2, 0.25) is 0 Å². The second-order valence-electron chi connectivity index (χ2n) is 4.46. The van der Waals surface area contributed by atoms with Crippen LogP contribution >= 0.6 is 0 Å². The van der Waals surface area contributed by atoms with Gasteiger partial charge in [-0.25, -0.2) is 9.67 Å². The molecule has 8 nitrogen and oxygen atoms in total. The summed E-state index contributed by atoms with van der Waals surface area (Å²) in [7, 11) is 1.55. The second-order valence-corrected chi connectivity index (χ2v) is 4.46. The highest BCUT2D eigenvalue weighted by Gasteiger charge is 2.14. The van der Waals surface area contributed by atoms with Gasteiger partial charge in [0.2, 0.25) is 17.8 Å². The number of benzene rings is 1. The van der Waals surface area contributed by atoms with Crippen molar-refractivity contribution in [2.24, 2.45) is 0 Å². The molecule has 2 aromatic rings. The molecular weight excluding hydrogens is 272 g/mol. The predicted octanol–water partition coefficient (Wildman–Crippen LogP) is -0.0426. The first kappa shape index (κ1) is 14.5. The summed E-state index contributed by atoms with van der Waals surface area (Å²) in [4.78, 5) is 28.8. The van der Waals surface area contributed by atoms with Crippen LogP contribution in [-0.2, 0) is 16.1 Å². The van der Waals surface area contributed by atoms with Crippen molar-refractivity contribution < 1.29 is 9.59 Å². The molecule has 0 aliphatic rings. The number of para-hydroxylation sites is 1. The number of aromatic nitrogens is 3. The number of anilines is 2. The Labute approximate surface area is 121 Å². The summed E-state index contributed by atoms with van der Waals surface area (Å²) in [5.74, 6) is -0.425. The summed E-state index contributed by atoms with van der Waals surface area (Å²) in [5.41, 5.74) is 6.05. The number of nitrogen functional groups attached to an aromatic ring is 1. The molecule has 0 aliphatic heterocycles. The molecule has 0 unspecified atom stereocenters. The van der Waals surface area contributed by atoms with Crippen molar-refractivity contribution in [3.8, 4) is 0 Å². The minimum Gasteiger partial charge on any atom is -0.367 e. The van der Waals surface area contributed by atoms with Crippen molar-refractivity contribution in [3.63, 3.8) is 0 Å². The van der Waals surface area contributed by atoms with E-state index in [1.807, 2.05) is 18.2 Å². The number of hydrogen-bond acceptors (Lipinski definition) is 5. The lowest BCUT2D eigenvalue weighted by Gasteiger charge is -2.16. The van der Waals surface area contributed by atoms with Gasteiger partial charge in [-0.1, -0.05) is 18.2 Å². The quantitative estimate of drug-likeness (QED) is 0.802. The minimum atomic E-state index is -0.268. The van der Waals surface area contributed by atoms with Crippen molar-refractivity contribution in [1.82, 2.24) is 19.7 Å². The smallest absolute Gasteiger partial charge is 0.244 e. The highest BCUT2D eigenvalue weighted by molar-refractivity contribution is 5.94. The molecular formula is C13H16N6O2. The highest BCUT2D eigenvalue weighted by atomic mass is 16.2. The molecule has 0 fully saturated rings. The molecule has 0 spiro atoms. The minimum absolute atomic E-state index is 0.0146. The molecule has 0 saturated heterocycles.